The quantitative estimate of drug-likeness (QED) is 0.784. The summed E-state index contributed by atoms with van der Waals surface area (Å²) in [4.78, 5) is 1.28. The van der Waals surface area contributed by atoms with Crippen molar-refractivity contribution in [1.29, 1.82) is 0 Å². The second-order valence-corrected chi connectivity index (χ2v) is 5.09. The first-order chi connectivity index (χ1) is 6.09. The van der Waals surface area contributed by atoms with E-state index < -0.39 is 0 Å². The van der Waals surface area contributed by atoms with Gasteiger partial charge in [-0.3, -0.25) is 0 Å². The second-order valence-electron chi connectivity index (χ2n) is 3.98. The highest BCUT2D eigenvalue weighted by atomic mass is 32.1. The first-order valence-corrected chi connectivity index (χ1v) is 5.70. The summed E-state index contributed by atoms with van der Waals surface area (Å²) in [7, 11) is 0. The van der Waals surface area contributed by atoms with Crippen molar-refractivity contribution in [1.82, 2.24) is 0 Å². The molecule has 0 saturated carbocycles. The van der Waals surface area contributed by atoms with Gasteiger partial charge in [0.05, 0.1) is 6.10 Å². The van der Waals surface area contributed by atoms with Crippen molar-refractivity contribution >= 4 is 11.3 Å². The molecular formula is C11H18OS. The summed E-state index contributed by atoms with van der Waals surface area (Å²) >= 11 is 1.71. The third-order valence-electron chi connectivity index (χ3n) is 2.15. The molecule has 1 unspecified atom stereocenters. The van der Waals surface area contributed by atoms with E-state index in [0.29, 0.717) is 5.92 Å². The Morgan fingerprint density at radius 3 is 2.54 bits per heavy atom. The zero-order valence-corrected chi connectivity index (χ0v) is 9.40. The maximum Gasteiger partial charge on any atom is 0.0798 e. The number of rotatable bonds is 4. The molecule has 2 heteroatoms. The third-order valence-corrected chi connectivity index (χ3v) is 3.03. The summed E-state index contributed by atoms with van der Waals surface area (Å²) in [5.41, 5.74) is 1.09. The SMILES string of the molecule is Cc1cc(C(O)CCC(C)C)cs1. The molecule has 0 radical (unpaired) electrons. The van der Waals surface area contributed by atoms with Crippen LogP contribution < -0.4 is 0 Å². The smallest absolute Gasteiger partial charge is 0.0798 e. The topological polar surface area (TPSA) is 20.2 Å². The van der Waals surface area contributed by atoms with Gasteiger partial charge in [-0.05, 0) is 42.7 Å². The molecule has 1 nitrogen and oxygen atoms in total. The fourth-order valence-corrected chi connectivity index (χ4v) is 2.05. The lowest BCUT2D eigenvalue weighted by atomic mass is 10.0. The average molecular weight is 198 g/mol. The van der Waals surface area contributed by atoms with Crippen LogP contribution in [0.15, 0.2) is 11.4 Å². The molecule has 1 N–H and O–H groups in total. The molecule has 0 spiro atoms. The predicted molar refractivity (Wildman–Crippen MR) is 58.1 cm³/mol. The van der Waals surface area contributed by atoms with Crippen LogP contribution in [0.25, 0.3) is 0 Å². The summed E-state index contributed by atoms with van der Waals surface area (Å²) in [6, 6.07) is 2.08. The molecule has 13 heavy (non-hydrogen) atoms. The average Bonchev–Trinajstić information content (AvgIpc) is 2.47. The van der Waals surface area contributed by atoms with Crippen molar-refractivity contribution in [2.45, 2.75) is 39.7 Å². The minimum absolute atomic E-state index is 0.257. The van der Waals surface area contributed by atoms with Crippen LogP contribution in [0.1, 0.15) is 43.2 Å². The van der Waals surface area contributed by atoms with Crippen molar-refractivity contribution < 1.29 is 5.11 Å². The van der Waals surface area contributed by atoms with E-state index in [2.05, 4.69) is 32.2 Å². The predicted octanol–water partition coefficient (Wildman–Crippen LogP) is 3.53. The second kappa shape index (κ2) is 4.77. The number of aliphatic hydroxyl groups is 1. The Hall–Kier alpha value is -0.340. The Morgan fingerprint density at radius 2 is 2.08 bits per heavy atom. The van der Waals surface area contributed by atoms with Gasteiger partial charge in [0, 0.05) is 4.88 Å². The van der Waals surface area contributed by atoms with E-state index in [1.165, 1.54) is 4.88 Å². The molecule has 0 bridgehead atoms. The van der Waals surface area contributed by atoms with Crippen LogP contribution in [0.2, 0.25) is 0 Å². The molecule has 0 aliphatic heterocycles. The van der Waals surface area contributed by atoms with Crippen LogP contribution >= 0.6 is 11.3 Å². The largest absolute Gasteiger partial charge is 0.388 e. The Kier molecular flexibility index (Phi) is 3.94. The normalized spacial score (nSPS) is 13.6. The Morgan fingerprint density at radius 1 is 1.38 bits per heavy atom. The van der Waals surface area contributed by atoms with Crippen molar-refractivity contribution in [3.63, 3.8) is 0 Å². The van der Waals surface area contributed by atoms with Gasteiger partial charge >= 0.3 is 0 Å². The van der Waals surface area contributed by atoms with E-state index in [4.69, 9.17) is 0 Å². The van der Waals surface area contributed by atoms with Crippen molar-refractivity contribution in [3.05, 3.63) is 21.9 Å². The maximum absolute atomic E-state index is 9.79. The van der Waals surface area contributed by atoms with Gasteiger partial charge in [0.25, 0.3) is 0 Å². The highest BCUT2D eigenvalue weighted by molar-refractivity contribution is 7.10. The molecule has 0 amide bonds. The lowest BCUT2D eigenvalue weighted by Crippen LogP contribution is -1.98. The molecule has 0 aliphatic rings. The summed E-state index contributed by atoms with van der Waals surface area (Å²) in [5.74, 6) is 0.675. The van der Waals surface area contributed by atoms with Crippen LogP contribution in [0.3, 0.4) is 0 Å². The molecule has 1 heterocycles. The fraction of sp³-hybridized carbons (Fsp3) is 0.636. The van der Waals surface area contributed by atoms with Crippen LogP contribution in [0, 0.1) is 12.8 Å². The van der Waals surface area contributed by atoms with E-state index >= 15 is 0 Å². The zero-order chi connectivity index (χ0) is 9.84. The molecule has 1 rings (SSSR count). The van der Waals surface area contributed by atoms with Crippen LogP contribution in [0.4, 0.5) is 0 Å². The fourth-order valence-electron chi connectivity index (χ4n) is 1.30. The Labute approximate surface area is 84.4 Å². The van der Waals surface area contributed by atoms with Crippen molar-refractivity contribution in [3.8, 4) is 0 Å². The molecule has 1 aromatic heterocycles. The summed E-state index contributed by atoms with van der Waals surface area (Å²) < 4.78 is 0. The number of aryl methyl sites for hydroxylation is 1. The van der Waals surface area contributed by atoms with Gasteiger partial charge in [0.2, 0.25) is 0 Å². The van der Waals surface area contributed by atoms with Crippen molar-refractivity contribution in [2.24, 2.45) is 5.92 Å². The van der Waals surface area contributed by atoms with E-state index in [1.54, 1.807) is 11.3 Å². The highest BCUT2D eigenvalue weighted by Gasteiger charge is 2.09. The van der Waals surface area contributed by atoms with Gasteiger partial charge in [-0.25, -0.2) is 0 Å². The Balaban J connectivity index is 2.44. The van der Waals surface area contributed by atoms with Crippen LogP contribution in [-0.4, -0.2) is 5.11 Å². The third kappa shape index (κ3) is 3.49. The number of aliphatic hydroxyl groups excluding tert-OH is 1. The van der Waals surface area contributed by atoms with Gasteiger partial charge in [0.15, 0.2) is 0 Å². The molecule has 0 saturated heterocycles. The molecule has 0 aliphatic carbocycles. The molecule has 1 atom stereocenters. The summed E-state index contributed by atoms with van der Waals surface area (Å²) in [6.07, 6.45) is 1.72. The van der Waals surface area contributed by atoms with Crippen LogP contribution in [0.5, 0.6) is 0 Å². The van der Waals surface area contributed by atoms with Gasteiger partial charge in [0.1, 0.15) is 0 Å². The van der Waals surface area contributed by atoms with Crippen molar-refractivity contribution in [2.75, 3.05) is 0 Å². The van der Waals surface area contributed by atoms with E-state index in [1.807, 2.05) is 0 Å². The van der Waals surface area contributed by atoms with Gasteiger partial charge < -0.3 is 5.11 Å². The lowest BCUT2D eigenvalue weighted by Gasteiger charge is -2.10. The standard InChI is InChI=1S/C11H18OS/c1-8(2)4-5-11(12)10-6-9(3)13-7-10/h6-8,11-12H,4-5H2,1-3H3. The Bertz CT molecular complexity index is 252. The molecule has 1 aromatic rings. The summed E-state index contributed by atoms with van der Waals surface area (Å²) in [6.45, 7) is 6.44. The monoisotopic (exact) mass is 198 g/mol. The zero-order valence-electron chi connectivity index (χ0n) is 8.58. The molecule has 0 fully saturated rings. The minimum Gasteiger partial charge on any atom is -0.388 e. The summed E-state index contributed by atoms with van der Waals surface area (Å²) in [5, 5.41) is 11.8. The van der Waals surface area contributed by atoms with Crippen LogP contribution in [-0.2, 0) is 0 Å². The van der Waals surface area contributed by atoms with E-state index in [9.17, 15) is 5.11 Å². The van der Waals surface area contributed by atoms with Gasteiger partial charge in [-0.1, -0.05) is 13.8 Å². The number of thiophene rings is 1. The number of hydrogen-bond acceptors (Lipinski definition) is 2. The highest BCUT2D eigenvalue weighted by Crippen LogP contribution is 2.24. The first kappa shape index (κ1) is 10.7. The molecule has 0 aromatic carbocycles. The van der Waals surface area contributed by atoms with E-state index in [0.717, 1.165) is 18.4 Å². The van der Waals surface area contributed by atoms with Gasteiger partial charge in [-0.2, -0.15) is 0 Å². The van der Waals surface area contributed by atoms with E-state index in [-0.39, 0.29) is 6.10 Å². The minimum atomic E-state index is -0.257. The maximum atomic E-state index is 9.79. The first-order valence-electron chi connectivity index (χ1n) is 4.82. The molecular weight excluding hydrogens is 180 g/mol. The lowest BCUT2D eigenvalue weighted by molar-refractivity contribution is 0.159. The molecule has 74 valence electrons. The van der Waals surface area contributed by atoms with Gasteiger partial charge in [-0.15, -0.1) is 11.3 Å². The number of hydrogen-bond donors (Lipinski definition) is 1.